The van der Waals surface area contributed by atoms with E-state index in [2.05, 4.69) is 10.2 Å². The number of hydrogen-bond donors (Lipinski definition) is 1. The van der Waals surface area contributed by atoms with Crippen molar-refractivity contribution in [1.82, 2.24) is 10.2 Å². The van der Waals surface area contributed by atoms with Crippen molar-refractivity contribution in [3.63, 3.8) is 0 Å². The molecule has 6 nitrogen and oxygen atoms in total. The monoisotopic (exact) mass is 427 g/mol. The van der Waals surface area contributed by atoms with Gasteiger partial charge in [-0.1, -0.05) is 71.6 Å². The van der Waals surface area contributed by atoms with Gasteiger partial charge in [0.25, 0.3) is 5.78 Å². The molecular formula is C20H14FN3O3S2. The molecular weight excluding hydrogens is 413 g/mol. The van der Waals surface area contributed by atoms with E-state index in [9.17, 15) is 19.1 Å². The third-order valence-corrected chi connectivity index (χ3v) is 6.37. The van der Waals surface area contributed by atoms with Crippen molar-refractivity contribution in [3.8, 4) is 0 Å². The lowest BCUT2D eigenvalue weighted by Gasteiger charge is -2.22. The van der Waals surface area contributed by atoms with Crippen molar-refractivity contribution in [2.24, 2.45) is 0 Å². The van der Waals surface area contributed by atoms with Gasteiger partial charge in [-0.05, 0) is 12.3 Å². The quantitative estimate of drug-likeness (QED) is 0.223. The highest BCUT2D eigenvalue weighted by molar-refractivity contribution is 8.00. The second kappa shape index (κ2) is 7.76. The van der Waals surface area contributed by atoms with Crippen molar-refractivity contribution in [2.75, 3.05) is 11.2 Å². The van der Waals surface area contributed by atoms with Gasteiger partial charge in [-0.3, -0.25) is 14.5 Å². The smallest absolute Gasteiger partial charge is 0.301 e. The maximum Gasteiger partial charge on any atom is 0.301 e. The Bertz CT molecular complexity index is 1130. The van der Waals surface area contributed by atoms with Crippen LogP contribution in [-0.4, -0.2) is 33.3 Å². The first-order valence-corrected chi connectivity index (χ1v) is 10.6. The van der Waals surface area contributed by atoms with E-state index in [1.165, 1.54) is 30.0 Å². The van der Waals surface area contributed by atoms with Gasteiger partial charge in [0, 0.05) is 11.1 Å². The Morgan fingerprint density at radius 3 is 2.45 bits per heavy atom. The van der Waals surface area contributed by atoms with Crippen LogP contribution in [0, 0.1) is 5.82 Å². The number of aromatic nitrogens is 2. The van der Waals surface area contributed by atoms with E-state index < -0.39 is 23.5 Å². The van der Waals surface area contributed by atoms with Gasteiger partial charge in [0.1, 0.15) is 17.6 Å². The molecule has 0 saturated carbocycles. The van der Waals surface area contributed by atoms with Gasteiger partial charge < -0.3 is 5.11 Å². The number of amides is 1. The number of thioether (sulfide) groups is 1. The molecule has 1 fully saturated rings. The summed E-state index contributed by atoms with van der Waals surface area (Å²) in [4.78, 5) is 26.9. The first kappa shape index (κ1) is 19.3. The summed E-state index contributed by atoms with van der Waals surface area (Å²) in [5.41, 5.74) is 0.256. The van der Waals surface area contributed by atoms with E-state index in [1.54, 1.807) is 36.4 Å². The minimum absolute atomic E-state index is 0.0880. The van der Waals surface area contributed by atoms with E-state index in [1.807, 2.05) is 6.26 Å². The summed E-state index contributed by atoms with van der Waals surface area (Å²) in [6.45, 7) is 0. The highest BCUT2D eigenvalue weighted by Crippen LogP contribution is 2.44. The third-order valence-electron chi connectivity index (χ3n) is 4.47. The summed E-state index contributed by atoms with van der Waals surface area (Å²) < 4.78 is 15.3. The van der Waals surface area contributed by atoms with Crippen LogP contribution in [0.4, 0.5) is 9.52 Å². The first-order valence-electron chi connectivity index (χ1n) is 8.51. The molecule has 0 bridgehead atoms. The standard InChI is InChI=1S/C20H14FN3O3S2/c1-28-20-23-22-19(29-20)24-15(12-9-5-6-10-13(12)21)14(17(26)18(24)27)16(25)11-7-3-2-4-8-11/h2-10,15,25H,1H3/b16-14+/t15-/m1/s1. The van der Waals surface area contributed by atoms with Gasteiger partial charge in [-0.15, -0.1) is 10.2 Å². The zero-order chi connectivity index (χ0) is 20.5. The summed E-state index contributed by atoms with van der Waals surface area (Å²) in [7, 11) is 0. The molecule has 3 aromatic rings. The molecule has 0 radical (unpaired) electrons. The average molecular weight is 427 g/mol. The maximum absolute atomic E-state index is 14.7. The molecule has 1 N–H and O–H groups in total. The summed E-state index contributed by atoms with van der Waals surface area (Å²) in [5.74, 6) is -2.76. The predicted octanol–water partition coefficient (Wildman–Crippen LogP) is 4.03. The van der Waals surface area contributed by atoms with Crippen LogP contribution in [0.2, 0.25) is 0 Å². The van der Waals surface area contributed by atoms with Crippen molar-refractivity contribution in [1.29, 1.82) is 0 Å². The normalized spacial score (nSPS) is 18.4. The molecule has 4 rings (SSSR count). The second-order valence-electron chi connectivity index (χ2n) is 6.11. The lowest BCUT2D eigenvalue weighted by molar-refractivity contribution is -0.132. The van der Waals surface area contributed by atoms with Crippen LogP contribution in [-0.2, 0) is 9.59 Å². The molecule has 1 amide bonds. The Labute approximate surface area is 173 Å². The number of carbonyl (C=O) groups is 2. The summed E-state index contributed by atoms with van der Waals surface area (Å²) in [6, 6.07) is 13.0. The van der Waals surface area contributed by atoms with Gasteiger partial charge in [-0.25, -0.2) is 4.39 Å². The van der Waals surface area contributed by atoms with E-state index in [-0.39, 0.29) is 22.0 Å². The molecule has 0 spiro atoms. The molecule has 0 aliphatic carbocycles. The lowest BCUT2D eigenvalue weighted by atomic mass is 9.95. The van der Waals surface area contributed by atoms with Crippen molar-refractivity contribution in [3.05, 3.63) is 77.1 Å². The Hall–Kier alpha value is -3.04. The fourth-order valence-corrected chi connectivity index (χ4v) is 4.44. The third kappa shape index (κ3) is 3.32. The molecule has 2 heterocycles. The van der Waals surface area contributed by atoms with Crippen molar-refractivity contribution >= 4 is 45.7 Å². The number of ketones is 1. The molecule has 1 aliphatic heterocycles. The molecule has 9 heteroatoms. The molecule has 1 saturated heterocycles. The van der Waals surface area contributed by atoms with E-state index in [0.717, 1.165) is 16.2 Å². The SMILES string of the molecule is CSc1nnc(N2C(=O)C(=O)/C(=C(/O)c3ccccc3)[C@H]2c2ccccc2F)s1. The molecule has 1 aliphatic rings. The average Bonchev–Trinajstić information content (AvgIpc) is 3.31. The number of nitrogens with zero attached hydrogens (tertiary/aromatic N) is 3. The minimum Gasteiger partial charge on any atom is -0.507 e. The van der Waals surface area contributed by atoms with Crippen LogP contribution >= 0.6 is 23.1 Å². The van der Waals surface area contributed by atoms with Crippen LogP contribution in [0.3, 0.4) is 0 Å². The first-order chi connectivity index (χ1) is 14.0. The number of hydrogen-bond acceptors (Lipinski definition) is 7. The molecule has 146 valence electrons. The van der Waals surface area contributed by atoms with E-state index >= 15 is 0 Å². The number of rotatable bonds is 4. The van der Waals surface area contributed by atoms with E-state index in [4.69, 9.17) is 0 Å². The molecule has 2 aromatic carbocycles. The van der Waals surface area contributed by atoms with Crippen molar-refractivity contribution < 1.29 is 19.1 Å². The highest BCUT2D eigenvalue weighted by atomic mass is 32.2. The Balaban J connectivity index is 1.96. The molecule has 0 unspecified atom stereocenters. The molecule has 29 heavy (non-hydrogen) atoms. The number of aliphatic hydroxyl groups excluding tert-OH is 1. The van der Waals surface area contributed by atoms with Crippen LogP contribution in [0.1, 0.15) is 17.2 Å². The summed E-state index contributed by atoms with van der Waals surface area (Å²) in [5, 5.41) is 19.0. The number of aliphatic hydroxyl groups is 1. The van der Waals surface area contributed by atoms with Crippen LogP contribution in [0.25, 0.3) is 5.76 Å². The van der Waals surface area contributed by atoms with Gasteiger partial charge in [0.2, 0.25) is 5.13 Å². The molecule has 1 aromatic heterocycles. The van der Waals surface area contributed by atoms with Crippen LogP contribution in [0.5, 0.6) is 0 Å². The minimum atomic E-state index is -1.15. The summed E-state index contributed by atoms with van der Waals surface area (Å²) in [6.07, 6.45) is 1.81. The Morgan fingerprint density at radius 2 is 1.79 bits per heavy atom. The summed E-state index contributed by atoms with van der Waals surface area (Å²) >= 11 is 2.46. The zero-order valence-corrected chi connectivity index (χ0v) is 16.7. The number of anilines is 1. The maximum atomic E-state index is 14.7. The zero-order valence-electron chi connectivity index (χ0n) is 15.1. The lowest BCUT2D eigenvalue weighted by Crippen LogP contribution is -2.29. The predicted molar refractivity (Wildman–Crippen MR) is 109 cm³/mol. The second-order valence-corrected chi connectivity index (χ2v) is 8.12. The van der Waals surface area contributed by atoms with Crippen molar-refractivity contribution in [2.45, 2.75) is 10.4 Å². The fraction of sp³-hybridized carbons (Fsp3) is 0.100. The van der Waals surface area contributed by atoms with Gasteiger partial charge in [0.15, 0.2) is 4.34 Å². The number of carbonyl (C=O) groups excluding carboxylic acids is 2. The van der Waals surface area contributed by atoms with Gasteiger partial charge in [0.05, 0.1) is 5.57 Å². The van der Waals surface area contributed by atoms with Crippen LogP contribution in [0.15, 0.2) is 64.5 Å². The van der Waals surface area contributed by atoms with E-state index in [0.29, 0.717) is 9.90 Å². The number of Topliss-reactive ketones (excluding diaryl/α,β-unsaturated/α-hetero) is 1. The fourth-order valence-electron chi connectivity index (χ4n) is 3.15. The Kier molecular flexibility index (Phi) is 5.16. The van der Waals surface area contributed by atoms with Gasteiger partial charge >= 0.3 is 5.91 Å². The molecule has 1 atom stereocenters. The largest absolute Gasteiger partial charge is 0.507 e. The highest BCUT2D eigenvalue weighted by Gasteiger charge is 2.49. The number of halogens is 1. The van der Waals surface area contributed by atoms with Gasteiger partial charge in [-0.2, -0.15) is 0 Å². The Morgan fingerprint density at radius 1 is 1.10 bits per heavy atom. The van der Waals surface area contributed by atoms with Crippen LogP contribution < -0.4 is 4.90 Å². The number of benzene rings is 2. The topological polar surface area (TPSA) is 83.4 Å².